The Morgan fingerprint density at radius 3 is 2.33 bits per heavy atom. The zero-order valence-electron chi connectivity index (χ0n) is 13.5. The summed E-state index contributed by atoms with van der Waals surface area (Å²) in [6.07, 6.45) is 1.47. The first-order valence-corrected chi connectivity index (χ1v) is 8.09. The van der Waals surface area contributed by atoms with E-state index in [1.807, 2.05) is 20.8 Å². The number of nitrogens with two attached hydrogens (primary N) is 1. The first kappa shape index (κ1) is 18.2. The molecule has 0 aromatic carbocycles. The number of nitrogens with zero attached hydrogens (tertiary/aromatic N) is 1. The fraction of sp³-hybridized carbons (Fsp3) is 0.800. The molecule has 1 fully saturated rings. The molecule has 21 heavy (non-hydrogen) atoms. The number of carbonyl (C=O) groups is 3. The maximum absolute atomic E-state index is 12.5. The zero-order valence-corrected chi connectivity index (χ0v) is 14.3. The maximum atomic E-state index is 12.5. The fourth-order valence-electron chi connectivity index (χ4n) is 2.46. The van der Waals surface area contributed by atoms with Crippen molar-refractivity contribution >= 4 is 29.9 Å². The number of amides is 2. The van der Waals surface area contributed by atoms with Gasteiger partial charge in [0.15, 0.2) is 0 Å². The molecule has 0 bridgehead atoms. The van der Waals surface area contributed by atoms with Crippen LogP contribution in [0.4, 0.5) is 0 Å². The second-order valence-electron chi connectivity index (χ2n) is 7.23. The van der Waals surface area contributed by atoms with Gasteiger partial charge in [0.1, 0.15) is 6.29 Å². The molecule has 0 radical (unpaired) electrons. The molecule has 2 N–H and O–H groups in total. The molecule has 2 amide bonds. The van der Waals surface area contributed by atoms with Crippen LogP contribution in [0, 0.1) is 5.41 Å². The number of imide groups is 1. The molecule has 1 saturated heterocycles. The SMILES string of the molecule is CC(C)(C=O)CC(CN)N1C(=O)CC(SC(C)(C)C)C1=O. The lowest BCUT2D eigenvalue weighted by Crippen LogP contribution is -2.47. The second kappa shape index (κ2) is 6.48. The summed E-state index contributed by atoms with van der Waals surface area (Å²) in [6, 6.07) is -0.407. The van der Waals surface area contributed by atoms with Crippen LogP contribution < -0.4 is 5.73 Å². The number of hydrogen-bond donors (Lipinski definition) is 1. The number of thioether (sulfide) groups is 1. The number of rotatable bonds is 6. The van der Waals surface area contributed by atoms with Gasteiger partial charge in [-0.3, -0.25) is 14.5 Å². The number of aldehydes is 1. The summed E-state index contributed by atoms with van der Waals surface area (Å²) in [4.78, 5) is 37.1. The Morgan fingerprint density at radius 1 is 1.33 bits per heavy atom. The van der Waals surface area contributed by atoms with E-state index in [0.29, 0.717) is 6.42 Å². The van der Waals surface area contributed by atoms with Crippen molar-refractivity contribution in [2.24, 2.45) is 11.1 Å². The molecule has 0 aliphatic carbocycles. The van der Waals surface area contributed by atoms with E-state index >= 15 is 0 Å². The van der Waals surface area contributed by atoms with Crippen molar-refractivity contribution in [3.05, 3.63) is 0 Å². The van der Waals surface area contributed by atoms with Crippen molar-refractivity contribution < 1.29 is 14.4 Å². The average molecular weight is 314 g/mol. The first-order valence-electron chi connectivity index (χ1n) is 7.21. The van der Waals surface area contributed by atoms with Gasteiger partial charge in [0.05, 0.1) is 11.3 Å². The third-order valence-corrected chi connectivity index (χ3v) is 4.72. The van der Waals surface area contributed by atoms with Gasteiger partial charge in [-0.15, -0.1) is 11.8 Å². The summed E-state index contributed by atoms with van der Waals surface area (Å²) in [5.74, 6) is -0.351. The molecule has 1 heterocycles. The van der Waals surface area contributed by atoms with Crippen LogP contribution in [0.15, 0.2) is 0 Å². The van der Waals surface area contributed by atoms with Crippen LogP contribution >= 0.6 is 11.8 Å². The lowest BCUT2D eigenvalue weighted by atomic mass is 9.87. The van der Waals surface area contributed by atoms with Crippen LogP contribution in [0.3, 0.4) is 0 Å². The molecule has 1 rings (SSSR count). The topological polar surface area (TPSA) is 80.5 Å². The molecule has 120 valence electrons. The first-order chi connectivity index (χ1) is 9.50. The third-order valence-electron chi connectivity index (χ3n) is 3.36. The summed E-state index contributed by atoms with van der Waals surface area (Å²) in [5, 5.41) is -0.342. The van der Waals surface area contributed by atoms with Crippen LogP contribution in [0.5, 0.6) is 0 Å². The molecule has 0 saturated carbocycles. The molecule has 0 spiro atoms. The number of hydrogen-bond acceptors (Lipinski definition) is 5. The van der Waals surface area contributed by atoms with Crippen LogP contribution in [0.2, 0.25) is 0 Å². The third kappa shape index (κ3) is 4.81. The Bertz CT molecular complexity index is 429. The maximum Gasteiger partial charge on any atom is 0.243 e. The van der Waals surface area contributed by atoms with Crippen LogP contribution in [-0.2, 0) is 14.4 Å². The van der Waals surface area contributed by atoms with Crippen molar-refractivity contribution in [2.75, 3.05) is 6.54 Å². The van der Waals surface area contributed by atoms with E-state index in [-0.39, 0.29) is 34.8 Å². The Labute approximate surface area is 131 Å². The molecular weight excluding hydrogens is 288 g/mol. The van der Waals surface area contributed by atoms with Crippen molar-refractivity contribution in [3.8, 4) is 0 Å². The van der Waals surface area contributed by atoms with Gasteiger partial charge < -0.3 is 10.5 Å². The van der Waals surface area contributed by atoms with Crippen LogP contribution in [0.25, 0.3) is 0 Å². The molecule has 0 aromatic heterocycles. The van der Waals surface area contributed by atoms with Crippen LogP contribution in [-0.4, -0.2) is 45.6 Å². The molecule has 1 aliphatic heterocycles. The second-order valence-corrected chi connectivity index (χ2v) is 9.25. The van der Waals surface area contributed by atoms with E-state index in [0.717, 1.165) is 6.29 Å². The summed E-state index contributed by atoms with van der Waals surface area (Å²) in [7, 11) is 0. The van der Waals surface area contributed by atoms with E-state index in [4.69, 9.17) is 5.73 Å². The van der Waals surface area contributed by atoms with E-state index < -0.39 is 11.5 Å². The normalized spacial score (nSPS) is 21.8. The Balaban J connectivity index is 2.88. The molecule has 2 atom stereocenters. The Morgan fingerprint density at radius 2 is 1.90 bits per heavy atom. The van der Waals surface area contributed by atoms with E-state index in [2.05, 4.69) is 0 Å². The van der Waals surface area contributed by atoms with Gasteiger partial charge in [0.25, 0.3) is 0 Å². The lowest BCUT2D eigenvalue weighted by molar-refractivity contribution is -0.142. The van der Waals surface area contributed by atoms with Crippen LogP contribution in [0.1, 0.15) is 47.5 Å². The molecular formula is C15H26N2O3S. The minimum Gasteiger partial charge on any atom is -0.328 e. The molecule has 6 heteroatoms. The minimum absolute atomic E-state index is 0.0864. The van der Waals surface area contributed by atoms with Crippen molar-refractivity contribution in [3.63, 3.8) is 0 Å². The molecule has 1 aliphatic rings. The molecule has 5 nitrogen and oxygen atoms in total. The lowest BCUT2D eigenvalue weighted by Gasteiger charge is -2.30. The Kier molecular flexibility index (Phi) is 5.61. The van der Waals surface area contributed by atoms with Gasteiger partial charge in [0, 0.05) is 23.1 Å². The van der Waals surface area contributed by atoms with E-state index in [9.17, 15) is 14.4 Å². The Hall–Kier alpha value is -0.880. The number of likely N-dealkylation sites (tertiary alicyclic amines) is 1. The molecule has 0 aromatic rings. The highest BCUT2D eigenvalue weighted by Crippen LogP contribution is 2.36. The predicted molar refractivity (Wildman–Crippen MR) is 84.9 cm³/mol. The highest BCUT2D eigenvalue weighted by molar-refractivity contribution is 8.01. The van der Waals surface area contributed by atoms with Gasteiger partial charge in [-0.2, -0.15) is 0 Å². The number of carbonyl (C=O) groups excluding carboxylic acids is 3. The average Bonchev–Trinajstić information content (AvgIpc) is 2.60. The summed E-state index contributed by atoms with van der Waals surface area (Å²) in [6.45, 7) is 9.82. The van der Waals surface area contributed by atoms with Crippen molar-refractivity contribution in [2.45, 2.75) is 63.5 Å². The van der Waals surface area contributed by atoms with Gasteiger partial charge in [-0.1, -0.05) is 34.6 Å². The summed E-state index contributed by atoms with van der Waals surface area (Å²) >= 11 is 1.51. The van der Waals surface area contributed by atoms with E-state index in [1.165, 1.54) is 16.7 Å². The van der Waals surface area contributed by atoms with Gasteiger partial charge in [0.2, 0.25) is 11.8 Å². The predicted octanol–water partition coefficient (Wildman–Crippen LogP) is 1.59. The molecule has 2 unspecified atom stereocenters. The smallest absolute Gasteiger partial charge is 0.243 e. The summed E-state index contributed by atoms with van der Waals surface area (Å²) < 4.78 is -0.0864. The van der Waals surface area contributed by atoms with Gasteiger partial charge in [-0.05, 0) is 6.42 Å². The van der Waals surface area contributed by atoms with Crippen molar-refractivity contribution in [1.82, 2.24) is 4.90 Å². The van der Waals surface area contributed by atoms with Gasteiger partial charge in [-0.25, -0.2) is 0 Å². The van der Waals surface area contributed by atoms with Crippen molar-refractivity contribution in [1.29, 1.82) is 0 Å². The zero-order chi connectivity index (χ0) is 16.4. The van der Waals surface area contributed by atoms with E-state index in [1.54, 1.807) is 13.8 Å². The highest BCUT2D eigenvalue weighted by atomic mass is 32.2. The quantitative estimate of drug-likeness (QED) is 0.595. The van der Waals surface area contributed by atoms with Gasteiger partial charge >= 0.3 is 0 Å². The fourth-order valence-corrected chi connectivity index (χ4v) is 3.75. The standard InChI is InChI=1S/C15H26N2O3S/c1-14(2,3)21-11-6-12(19)17(13(11)20)10(8-16)7-15(4,5)9-18/h9-11H,6-8,16H2,1-5H3. The largest absolute Gasteiger partial charge is 0.328 e. The monoisotopic (exact) mass is 314 g/mol. The highest BCUT2D eigenvalue weighted by Gasteiger charge is 2.44. The minimum atomic E-state index is -0.597. The summed E-state index contributed by atoms with van der Waals surface area (Å²) in [5.41, 5.74) is 5.15.